The van der Waals surface area contributed by atoms with Gasteiger partial charge in [0.1, 0.15) is 0 Å². The molecule has 0 radical (unpaired) electrons. The molecular weight excluding hydrogens is 344 g/mol. The van der Waals surface area contributed by atoms with Crippen LogP contribution in [0, 0.1) is 13.8 Å². The third-order valence-electron chi connectivity index (χ3n) is 2.85. The first-order valence-corrected chi connectivity index (χ1v) is 9.20. The zero-order valence-corrected chi connectivity index (χ0v) is 13.9. The third-order valence-corrected chi connectivity index (χ3v) is 5.02. The zero-order valence-electron chi connectivity index (χ0n) is 12.3. The molecule has 0 aliphatic carbocycles. The second-order valence-electron chi connectivity index (χ2n) is 4.74. The van der Waals surface area contributed by atoms with Gasteiger partial charge in [-0.05, 0) is 43.2 Å². The standard InChI is InChI=1S/C14H14O7S2/c1-11-3-7-13(8-4-11)22(15,16)20-19-21-23(17,18)14-9-5-12(2)6-10-14/h3-10H,1-2H3. The van der Waals surface area contributed by atoms with Crippen molar-refractivity contribution >= 4 is 20.2 Å². The monoisotopic (exact) mass is 358 g/mol. The number of benzene rings is 2. The molecule has 0 atom stereocenters. The van der Waals surface area contributed by atoms with Crippen LogP contribution in [0.1, 0.15) is 11.1 Å². The van der Waals surface area contributed by atoms with E-state index in [0.29, 0.717) is 0 Å². The van der Waals surface area contributed by atoms with Crippen molar-refractivity contribution in [1.29, 1.82) is 0 Å². The highest BCUT2D eigenvalue weighted by Gasteiger charge is 2.21. The fourth-order valence-electron chi connectivity index (χ4n) is 1.57. The predicted octanol–water partition coefficient (Wildman–Crippen LogP) is 2.26. The molecule has 0 saturated carbocycles. The number of rotatable bonds is 6. The Morgan fingerprint density at radius 3 is 1.22 bits per heavy atom. The lowest BCUT2D eigenvalue weighted by Crippen LogP contribution is -2.12. The van der Waals surface area contributed by atoms with Gasteiger partial charge >= 0.3 is 20.2 Å². The van der Waals surface area contributed by atoms with Crippen molar-refractivity contribution in [1.82, 2.24) is 0 Å². The first-order valence-electron chi connectivity index (χ1n) is 6.38. The van der Waals surface area contributed by atoms with E-state index in [9.17, 15) is 16.8 Å². The maximum atomic E-state index is 11.8. The molecule has 2 rings (SSSR count). The smallest absolute Gasteiger partial charge is 0.191 e. The summed E-state index contributed by atoms with van der Waals surface area (Å²) in [7, 11) is -8.60. The summed E-state index contributed by atoms with van der Waals surface area (Å²) >= 11 is 0. The van der Waals surface area contributed by atoms with E-state index in [4.69, 9.17) is 0 Å². The molecule has 0 saturated heterocycles. The summed E-state index contributed by atoms with van der Waals surface area (Å²) in [5.41, 5.74) is 1.70. The topological polar surface area (TPSA) is 96.0 Å². The Kier molecular flexibility index (Phi) is 5.17. The van der Waals surface area contributed by atoms with E-state index in [2.05, 4.69) is 13.7 Å². The number of hydrogen-bond acceptors (Lipinski definition) is 7. The Hall–Kier alpha value is -1.78. The molecule has 0 aliphatic rings. The van der Waals surface area contributed by atoms with E-state index >= 15 is 0 Å². The van der Waals surface area contributed by atoms with Gasteiger partial charge in [0.25, 0.3) is 0 Å². The minimum Gasteiger partial charge on any atom is -0.191 e. The summed E-state index contributed by atoms with van der Waals surface area (Å²) in [6.45, 7) is 3.57. The van der Waals surface area contributed by atoms with Crippen molar-refractivity contribution in [3.8, 4) is 0 Å². The highest BCUT2D eigenvalue weighted by molar-refractivity contribution is 7.87. The lowest BCUT2D eigenvalue weighted by atomic mass is 10.2. The Morgan fingerprint density at radius 2 is 0.913 bits per heavy atom. The van der Waals surface area contributed by atoms with Crippen molar-refractivity contribution in [2.75, 3.05) is 0 Å². The maximum absolute atomic E-state index is 11.8. The van der Waals surface area contributed by atoms with Crippen LogP contribution in [-0.4, -0.2) is 16.8 Å². The summed E-state index contributed by atoms with van der Waals surface area (Å²) in [6.07, 6.45) is 0. The second-order valence-corrected chi connectivity index (χ2v) is 7.77. The van der Waals surface area contributed by atoms with Crippen LogP contribution in [-0.2, 0) is 33.9 Å². The molecule has 0 aromatic heterocycles. The fourth-order valence-corrected chi connectivity index (χ4v) is 2.91. The van der Waals surface area contributed by atoms with Gasteiger partial charge in [-0.15, -0.1) is 0 Å². The molecule has 0 aliphatic heterocycles. The van der Waals surface area contributed by atoms with Crippen LogP contribution in [0.25, 0.3) is 0 Å². The molecule has 0 amide bonds. The van der Waals surface area contributed by atoms with Gasteiger partial charge < -0.3 is 0 Å². The van der Waals surface area contributed by atoms with E-state index in [1.165, 1.54) is 24.3 Å². The van der Waals surface area contributed by atoms with Crippen LogP contribution in [0.15, 0.2) is 58.3 Å². The lowest BCUT2D eigenvalue weighted by molar-refractivity contribution is -0.407. The average molecular weight is 358 g/mol. The van der Waals surface area contributed by atoms with Gasteiger partial charge in [-0.3, -0.25) is 0 Å². The van der Waals surface area contributed by atoms with Crippen LogP contribution in [0.2, 0.25) is 0 Å². The van der Waals surface area contributed by atoms with Gasteiger partial charge in [0, 0.05) is 0 Å². The van der Waals surface area contributed by atoms with E-state index in [1.54, 1.807) is 38.1 Å². The quantitative estimate of drug-likeness (QED) is 0.577. The van der Waals surface area contributed by atoms with Crippen LogP contribution >= 0.6 is 0 Å². The summed E-state index contributed by atoms with van der Waals surface area (Å²) < 4.78 is 55.4. The molecule has 0 bridgehead atoms. The van der Waals surface area contributed by atoms with Crippen molar-refractivity contribution in [2.45, 2.75) is 23.6 Å². The Bertz CT molecular complexity index is 792. The highest BCUT2D eigenvalue weighted by Crippen LogP contribution is 2.17. The van der Waals surface area contributed by atoms with Crippen LogP contribution in [0.3, 0.4) is 0 Å². The van der Waals surface area contributed by atoms with Crippen molar-refractivity contribution in [3.05, 3.63) is 59.7 Å². The summed E-state index contributed by atoms with van der Waals surface area (Å²) in [6, 6.07) is 11.4. The predicted molar refractivity (Wildman–Crippen MR) is 80.0 cm³/mol. The average Bonchev–Trinajstić information content (AvgIpc) is 2.47. The summed E-state index contributed by atoms with van der Waals surface area (Å²) in [5.74, 6) is 0. The fraction of sp³-hybridized carbons (Fsp3) is 0.143. The molecule has 7 nitrogen and oxygen atoms in total. The van der Waals surface area contributed by atoms with Gasteiger partial charge in [-0.25, -0.2) is 0 Å². The summed E-state index contributed by atoms with van der Waals surface area (Å²) in [5, 5.41) is 3.96. The molecule has 0 spiro atoms. The van der Waals surface area contributed by atoms with Crippen molar-refractivity contribution in [3.63, 3.8) is 0 Å². The molecule has 23 heavy (non-hydrogen) atoms. The molecule has 124 valence electrons. The zero-order chi connectivity index (χ0) is 17.1. The van der Waals surface area contributed by atoms with E-state index in [1.807, 2.05) is 0 Å². The number of aryl methyl sites for hydroxylation is 2. The van der Waals surface area contributed by atoms with Gasteiger partial charge in [0.2, 0.25) is 0 Å². The van der Waals surface area contributed by atoms with Crippen molar-refractivity contribution in [2.24, 2.45) is 0 Å². The maximum Gasteiger partial charge on any atom is 0.325 e. The van der Waals surface area contributed by atoms with Crippen molar-refractivity contribution < 1.29 is 30.5 Å². The van der Waals surface area contributed by atoms with E-state index < -0.39 is 20.2 Å². The molecule has 0 fully saturated rings. The third kappa shape index (κ3) is 4.60. The van der Waals surface area contributed by atoms with E-state index in [0.717, 1.165) is 11.1 Å². The Balaban J connectivity index is 2.03. The minimum absolute atomic E-state index is 0.195. The molecule has 2 aromatic carbocycles. The normalized spacial score (nSPS) is 12.3. The summed E-state index contributed by atoms with van der Waals surface area (Å²) in [4.78, 5) is -0.390. The SMILES string of the molecule is Cc1ccc(S(=O)(=O)OOOS(=O)(=O)c2ccc(C)cc2)cc1. The van der Waals surface area contributed by atoms with Crippen LogP contribution in [0.4, 0.5) is 0 Å². The van der Waals surface area contributed by atoms with Gasteiger partial charge in [-0.2, -0.15) is 16.8 Å². The molecule has 0 heterocycles. The second kappa shape index (κ2) is 6.77. The van der Waals surface area contributed by atoms with Gasteiger partial charge in [0.05, 0.1) is 9.79 Å². The van der Waals surface area contributed by atoms with Gasteiger partial charge in [0.15, 0.2) is 0 Å². The Labute approximate surface area is 134 Å². The van der Waals surface area contributed by atoms with Crippen LogP contribution < -0.4 is 0 Å². The first-order chi connectivity index (χ1) is 10.7. The first kappa shape index (κ1) is 17.6. The van der Waals surface area contributed by atoms with E-state index in [-0.39, 0.29) is 9.79 Å². The molecule has 0 N–H and O–H groups in total. The minimum atomic E-state index is -4.30. The Morgan fingerprint density at radius 1 is 0.609 bits per heavy atom. The molecule has 9 heteroatoms. The van der Waals surface area contributed by atoms with Gasteiger partial charge in [-0.1, -0.05) is 44.1 Å². The number of hydrogen-bond donors (Lipinski definition) is 0. The molecular formula is C14H14O7S2. The molecule has 0 unspecified atom stereocenters. The lowest BCUT2D eigenvalue weighted by Gasteiger charge is -2.05. The molecule has 2 aromatic rings. The highest BCUT2D eigenvalue weighted by atomic mass is 32.2. The largest absolute Gasteiger partial charge is 0.325 e. The van der Waals surface area contributed by atoms with Crippen LogP contribution in [0.5, 0.6) is 0 Å².